The minimum absolute atomic E-state index is 0.00269. The molecule has 0 saturated carbocycles. The topological polar surface area (TPSA) is 508 Å². The largest absolute Gasteiger partial charge is 0.505 e. The van der Waals surface area contributed by atoms with Crippen molar-refractivity contribution >= 4 is 170 Å². The highest BCUT2D eigenvalue weighted by Gasteiger charge is 2.27. The molecule has 690 valence electrons. The fourth-order valence-electron chi connectivity index (χ4n) is 14.1. The molecule has 0 spiro atoms. The number of para-hydroxylation sites is 2. The second-order valence-corrected chi connectivity index (χ2v) is 30.3. The molecule has 143 heavy (non-hydrogen) atoms. The number of phenolic OH excluding ortho intramolecular Hbond substituents is 4. The number of nitrogens with one attached hydrogen (secondary N) is 4. The van der Waals surface area contributed by atoms with Gasteiger partial charge in [0.2, 0.25) is 0 Å². The quantitative estimate of drug-likeness (QED) is 0.0238. The van der Waals surface area contributed by atoms with Gasteiger partial charge in [0.15, 0.2) is 57.9 Å². The zero-order valence-corrected chi connectivity index (χ0v) is 74.4. The maximum absolute atomic E-state index is 13.1. The Bertz CT molecular complexity index is 8280. The summed E-state index contributed by atoms with van der Waals surface area (Å²) in [4.78, 5) is 90.6. The number of carbonyl (C=O) groups is 4. The number of aliphatic hydroxyl groups excluding tert-OH is 1. The van der Waals surface area contributed by atoms with Gasteiger partial charge in [0, 0.05) is 92.7 Å². The standard InChI is InChI=1S/C26H18N8O3.C25H15ClN8O2.2C25H16N8O2/c1-27-21-14-30-34(26-28-11-4-12-29-26)24(21)33-32-22-19-6-3-2-5-17(19)13-20(23(22)36)25(37)31-18-9-7-16(15-35)8-10-18;1-27-20-14-30-34(25-28-11-4-12-29-25)23(20)33-32-21-18-6-3-2-5-15(18)13-19(22(21)35)24(36)31-17-9-7-16(26)8-10-17;1-26-20-15-28-33(21-12-7-13-27-30-21)24(20)32-31-22-18-11-6-5-8-16(18)14-19(23(22)34)25(35)29-17-9-3-2-4-10-17;1-26-20-14-29-33(21-15-27-11-12-28-21)24(20)32-31-22-18-10-6-5-7-16(18)13-19(23(22)34)25(35)30-17-8-3-2-4-9-17/h2-14,35-36H,15H2,(H,31,37);2-14,35H,(H,31,36);2-15,34H,(H,29,35);2-15,34H,(H,30,35). The van der Waals surface area contributed by atoms with Crippen molar-refractivity contribution in [1.82, 2.24) is 79.2 Å². The van der Waals surface area contributed by atoms with E-state index in [9.17, 15) is 44.7 Å². The number of amides is 4. The lowest BCUT2D eigenvalue weighted by atomic mass is 10.0. The van der Waals surface area contributed by atoms with Gasteiger partial charge in [0.25, 0.3) is 58.3 Å². The van der Waals surface area contributed by atoms with Crippen molar-refractivity contribution in [3.63, 3.8) is 0 Å². The van der Waals surface area contributed by atoms with Crippen LogP contribution in [-0.2, 0) is 6.61 Å². The molecule has 9 N–H and O–H groups in total. The van der Waals surface area contributed by atoms with Crippen LogP contribution in [0.5, 0.6) is 23.0 Å². The van der Waals surface area contributed by atoms with E-state index in [1.54, 1.807) is 218 Å². The molecule has 8 aromatic heterocycles. The van der Waals surface area contributed by atoms with Gasteiger partial charge in [0.1, 0.15) is 22.7 Å². The van der Waals surface area contributed by atoms with Gasteiger partial charge >= 0.3 is 0 Å². The molecule has 4 amide bonds. The third-order valence-corrected chi connectivity index (χ3v) is 21.2. The fourth-order valence-corrected chi connectivity index (χ4v) is 14.2. The normalized spacial score (nSPS) is 11.0. The summed E-state index contributed by atoms with van der Waals surface area (Å²) in [6.07, 6.45) is 17.4. The Hall–Kier alpha value is -21.5. The van der Waals surface area contributed by atoms with E-state index in [4.69, 9.17) is 37.9 Å². The predicted molar refractivity (Wildman–Crippen MR) is 529 cm³/mol. The maximum atomic E-state index is 13.1. The summed E-state index contributed by atoms with van der Waals surface area (Å²) in [6, 6.07) is 72.6. The number of hydrogen-bond acceptors (Lipinski definition) is 29. The van der Waals surface area contributed by atoms with Crippen LogP contribution in [0.15, 0.2) is 370 Å². The average molecular weight is 1910 g/mol. The van der Waals surface area contributed by atoms with Crippen LogP contribution >= 0.6 is 11.6 Å². The van der Waals surface area contributed by atoms with E-state index < -0.39 is 23.6 Å². The molecule has 0 aliphatic heterocycles. The van der Waals surface area contributed by atoms with Crippen LogP contribution in [0.4, 0.5) is 91.5 Å². The first kappa shape index (κ1) is 93.3. The van der Waals surface area contributed by atoms with E-state index in [1.807, 2.05) is 36.4 Å². The Kier molecular flexibility index (Phi) is 28.2. The van der Waals surface area contributed by atoms with Crippen LogP contribution < -0.4 is 21.3 Å². The van der Waals surface area contributed by atoms with Gasteiger partial charge in [-0.15, -0.1) is 46.0 Å². The molecule has 0 aliphatic rings. The average Bonchev–Trinajstić information content (AvgIpc) is 1.77. The lowest BCUT2D eigenvalue weighted by Crippen LogP contribution is -2.12. The second kappa shape index (κ2) is 43.3. The van der Waals surface area contributed by atoms with Gasteiger partial charge in [0.05, 0.1) is 86.1 Å². The number of benzene rings is 12. The number of rotatable bonds is 21. The first-order valence-electron chi connectivity index (χ1n) is 42.3. The van der Waals surface area contributed by atoms with Crippen molar-refractivity contribution in [2.45, 2.75) is 6.61 Å². The van der Waals surface area contributed by atoms with Crippen LogP contribution in [0.2, 0.25) is 5.02 Å². The zero-order valence-electron chi connectivity index (χ0n) is 73.7. The molecule has 12 aromatic carbocycles. The summed E-state index contributed by atoms with van der Waals surface area (Å²) in [5, 5.41) is 128. The van der Waals surface area contributed by atoms with E-state index in [1.165, 1.54) is 93.1 Å². The number of aromatic hydroxyl groups is 4. The molecular weight excluding hydrogens is 1840 g/mol. The minimum atomic E-state index is -0.555. The van der Waals surface area contributed by atoms with Gasteiger partial charge in [-0.1, -0.05) is 157 Å². The van der Waals surface area contributed by atoms with Gasteiger partial charge in [-0.2, -0.15) is 34.9 Å². The number of anilines is 4. The molecule has 0 saturated heterocycles. The Morgan fingerprint density at radius 2 is 0.636 bits per heavy atom. The van der Waals surface area contributed by atoms with Gasteiger partial charge in [-0.05, 0) is 136 Å². The molecule has 20 aromatic rings. The van der Waals surface area contributed by atoms with E-state index in [0.29, 0.717) is 88.1 Å². The number of nitrogens with zero attached hydrogens (tertiary/aromatic N) is 28. The Balaban J connectivity index is 0.000000131. The highest BCUT2D eigenvalue weighted by atomic mass is 35.5. The molecule has 42 heteroatoms. The molecule has 0 aliphatic carbocycles. The lowest BCUT2D eigenvalue weighted by Gasteiger charge is -2.11. The van der Waals surface area contributed by atoms with Crippen LogP contribution in [-0.4, -0.2) is 128 Å². The summed E-state index contributed by atoms with van der Waals surface area (Å²) in [5.41, 5.74) is 3.74. The van der Waals surface area contributed by atoms with Gasteiger partial charge in [-0.25, -0.2) is 53.7 Å². The Morgan fingerprint density at radius 1 is 0.322 bits per heavy atom. The van der Waals surface area contributed by atoms with E-state index >= 15 is 0 Å². The van der Waals surface area contributed by atoms with E-state index in [0.717, 1.165) is 0 Å². The zero-order chi connectivity index (χ0) is 99.2. The van der Waals surface area contributed by atoms with Crippen molar-refractivity contribution in [1.29, 1.82) is 0 Å². The summed E-state index contributed by atoms with van der Waals surface area (Å²) >= 11 is 5.92. The molecule has 20 rings (SSSR count). The summed E-state index contributed by atoms with van der Waals surface area (Å²) in [6.45, 7) is 29.7. The number of azo groups is 4. The summed E-state index contributed by atoms with van der Waals surface area (Å²) in [5.74, 6) is -2.03. The highest BCUT2D eigenvalue weighted by Crippen LogP contribution is 2.47. The van der Waals surface area contributed by atoms with E-state index in [-0.39, 0.29) is 133 Å². The third kappa shape index (κ3) is 20.9. The van der Waals surface area contributed by atoms with Gasteiger partial charge < -0.3 is 46.8 Å². The first-order chi connectivity index (χ1) is 69.9. The molecule has 41 nitrogen and oxygen atoms in total. The molecule has 0 atom stereocenters. The first-order valence-corrected chi connectivity index (χ1v) is 42.7. The number of aliphatic hydroxyl groups is 1. The smallest absolute Gasteiger partial charge is 0.259 e. The minimum Gasteiger partial charge on any atom is -0.505 e. The van der Waals surface area contributed by atoms with Crippen LogP contribution in [0.3, 0.4) is 0 Å². The predicted octanol–water partition coefficient (Wildman–Crippen LogP) is 23.1. The second-order valence-electron chi connectivity index (χ2n) is 29.8. The number of phenols is 4. The van der Waals surface area contributed by atoms with Crippen molar-refractivity contribution in [3.05, 3.63) is 408 Å². The lowest BCUT2D eigenvalue weighted by molar-refractivity contribution is 0.101. The molecular formula is C101H65ClN32O9. The number of hydrogen-bond donors (Lipinski definition) is 9. The van der Waals surface area contributed by atoms with E-state index in [2.05, 4.69) is 142 Å². The number of aromatic nitrogens is 16. The number of fused-ring (bicyclic) bond motifs is 4. The molecule has 0 bridgehead atoms. The van der Waals surface area contributed by atoms with Crippen LogP contribution in [0.25, 0.3) is 86.0 Å². The van der Waals surface area contributed by atoms with Crippen LogP contribution in [0, 0.1) is 26.3 Å². The third-order valence-electron chi connectivity index (χ3n) is 20.9. The Labute approximate surface area is 812 Å². The molecule has 0 unspecified atom stereocenters. The summed E-state index contributed by atoms with van der Waals surface area (Å²) < 4.78 is 5.19. The van der Waals surface area contributed by atoms with Crippen molar-refractivity contribution in [2.75, 3.05) is 21.3 Å². The summed E-state index contributed by atoms with van der Waals surface area (Å²) in [7, 11) is 0. The van der Waals surface area contributed by atoms with Crippen LogP contribution in [0.1, 0.15) is 47.0 Å². The van der Waals surface area contributed by atoms with Crippen molar-refractivity contribution in [2.24, 2.45) is 40.9 Å². The SMILES string of the molecule is [C-]#[N+]c1cnn(-c2cccnn2)c1N=Nc1c(O)c(C(=O)Nc2ccccc2)cc2ccccc12.[C-]#[N+]c1cnn(-c2cnccn2)c1N=Nc1c(O)c(C(=O)Nc2ccccc2)cc2ccccc12.[C-]#[N+]c1cnn(-c2ncccn2)c1N=Nc1c(O)c(C(=O)Nc2ccc(CO)cc2)cc2ccccc12.[C-]#[N+]c1cnn(-c2ncccn2)c1N=Nc1c(O)c(C(=O)Nc2ccc(Cl)cc2)cc2ccccc12. The molecule has 8 heterocycles. The Morgan fingerprint density at radius 3 is 0.958 bits per heavy atom. The van der Waals surface area contributed by atoms with Crippen molar-refractivity contribution < 1.29 is 44.7 Å². The molecule has 0 fully saturated rings. The number of halogens is 1. The van der Waals surface area contributed by atoms with Gasteiger partial charge in [-0.3, -0.25) is 24.2 Å². The molecule has 0 radical (unpaired) electrons. The fraction of sp³-hybridized carbons (Fsp3) is 0.00990. The highest BCUT2D eigenvalue weighted by molar-refractivity contribution is 6.30. The number of carbonyl (C=O) groups excluding carboxylic acids is 4. The maximum Gasteiger partial charge on any atom is 0.259 e. The monoisotopic (exact) mass is 1900 g/mol. The van der Waals surface area contributed by atoms with Crippen molar-refractivity contribution in [3.8, 4) is 46.5 Å².